The molecular weight excluding hydrogens is 139 g/mol. The Bertz CT molecular complexity index is 167. The summed E-state index contributed by atoms with van der Waals surface area (Å²) in [6.07, 6.45) is -1.31. The largest absolute Gasteiger partial charge is 0.575 e. The van der Waals surface area contributed by atoms with Gasteiger partial charge in [0.25, 0.3) is 0 Å². The van der Waals surface area contributed by atoms with Crippen LogP contribution in [-0.4, -0.2) is 30.8 Å². The molecule has 1 N–H and O–H groups in total. The molecular formula is C4H4BO5. The van der Waals surface area contributed by atoms with Crippen LogP contribution in [0, 0.1) is 0 Å². The predicted molar refractivity (Wildman–Crippen MR) is 29.0 cm³/mol. The third kappa shape index (κ3) is 1.47. The molecule has 0 amide bonds. The van der Waals surface area contributed by atoms with Crippen molar-refractivity contribution in [1.29, 1.82) is 0 Å². The Balaban J connectivity index is 2.40. The molecule has 10 heavy (non-hydrogen) atoms. The highest BCUT2D eigenvalue weighted by atomic mass is 16.7. The Labute approximate surface area is 57.2 Å². The standard InChI is InChI=1S/C4H4BO5/c6-3(7)1-2-4(8)10-5-9-2/h2H,1H2,(H,6,7). The number of hydrogen-bond donors (Lipinski definition) is 1. The summed E-state index contributed by atoms with van der Waals surface area (Å²) in [7, 11) is 0.843. The second-order valence-electron chi connectivity index (χ2n) is 1.76. The number of aliphatic carboxylic acids is 1. The highest BCUT2D eigenvalue weighted by molar-refractivity contribution is 6.26. The fraction of sp³-hybridized carbons (Fsp3) is 0.500. The van der Waals surface area contributed by atoms with Crippen molar-refractivity contribution in [3.8, 4) is 0 Å². The van der Waals surface area contributed by atoms with Crippen molar-refractivity contribution in [3.05, 3.63) is 0 Å². The fourth-order valence-corrected chi connectivity index (χ4v) is 0.564. The van der Waals surface area contributed by atoms with E-state index in [-0.39, 0.29) is 6.42 Å². The van der Waals surface area contributed by atoms with Crippen LogP contribution in [0.1, 0.15) is 6.42 Å². The number of carboxylic acid groups (broad SMARTS) is 1. The number of hydrogen-bond acceptors (Lipinski definition) is 4. The Morgan fingerprint density at radius 3 is 2.90 bits per heavy atom. The third-order valence-corrected chi connectivity index (χ3v) is 1.01. The van der Waals surface area contributed by atoms with E-state index in [1.165, 1.54) is 0 Å². The molecule has 53 valence electrons. The number of rotatable bonds is 2. The van der Waals surface area contributed by atoms with Gasteiger partial charge in [-0.25, -0.2) is 0 Å². The Kier molecular flexibility index (Phi) is 1.91. The van der Waals surface area contributed by atoms with E-state index < -0.39 is 18.0 Å². The molecule has 1 fully saturated rings. The Morgan fingerprint density at radius 2 is 2.50 bits per heavy atom. The molecule has 0 spiro atoms. The van der Waals surface area contributed by atoms with Crippen LogP contribution in [0.4, 0.5) is 0 Å². The molecule has 0 aliphatic carbocycles. The van der Waals surface area contributed by atoms with Gasteiger partial charge in [0.2, 0.25) is 0 Å². The van der Waals surface area contributed by atoms with Gasteiger partial charge in [-0.15, -0.1) is 0 Å². The predicted octanol–water partition coefficient (Wildman–Crippen LogP) is -1.06. The molecule has 1 atom stereocenters. The number of carbonyl (C=O) groups excluding carboxylic acids is 1. The molecule has 0 aromatic rings. The monoisotopic (exact) mass is 143 g/mol. The van der Waals surface area contributed by atoms with Crippen LogP contribution in [0.25, 0.3) is 0 Å². The SMILES string of the molecule is O=C(O)CC1O[B]OC1=O. The van der Waals surface area contributed by atoms with Gasteiger partial charge >= 0.3 is 19.6 Å². The summed E-state index contributed by atoms with van der Waals surface area (Å²) in [6, 6.07) is 0. The summed E-state index contributed by atoms with van der Waals surface area (Å²) < 4.78 is 8.72. The van der Waals surface area contributed by atoms with Crippen LogP contribution < -0.4 is 0 Å². The zero-order valence-corrected chi connectivity index (χ0v) is 4.94. The molecule has 0 aromatic heterocycles. The first-order valence-electron chi connectivity index (χ1n) is 2.59. The van der Waals surface area contributed by atoms with Gasteiger partial charge in [-0.3, -0.25) is 9.59 Å². The summed E-state index contributed by atoms with van der Waals surface area (Å²) in [5.74, 6) is -1.74. The summed E-state index contributed by atoms with van der Waals surface area (Å²) in [5, 5.41) is 8.19. The van der Waals surface area contributed by atoms with Gasteiger partial charge in [-0.1, -0.05) is 0 Å². The zero-order valence-electron chi connectivity index (χ0n) is 4.94. The Morgan fingerprint density at radius 1 is 1.80 bits per heavy atom. The maximum atomic E-state index is 10.5. The van der Waals surface area contributed by atoms with E-state index in [2.05, 4.69) is 9.31 Å². The molecule has 1 rings (SSSR count). The van der Waals surface area contributed by atoms with Crippen molar-refractivity contribution < 1.29 is 24.0 Å². The number of carbonyl (C=O) groups is 2. The molecule has 0 bridgehead atoms. The molecule has 5 nitrogen and oxygen atoms in total. The lowest BCUT2D eigenvalue weighted by atomic mass is 10.2. The summed E-state index contributed by atoms with van der Waals surface area (Å²) in [4.78, 5) is 20.5. The molecule has 1 aliphatic heterocycles. The van der Waals surface area contributed by atoms with Crippen molar-refractivity contribution in [3.63, 3.8) is 0 Å². The topological polar surface area (TPSA) is 72.8 Å². The van der Waals surface area contributed by atoms with Crippen molar-refractivity contribution in [2.24, 2.45) is 0 Å². The minimum Gasteiger partial charge on any atom is -0.509 e. The Hall–Kier alpha value is -1.04. The van der Waals surface area contributed by atoms with Crippen molar-refractivity contribution in [2.75, 3.05) is 0 Å². The van der Waals surface area contributed by atoms with Gasteiger partial charge in [0.1, 0.15) is 0 Å². The van der Waals surface area contributed by atoms with Crippen LogP contribution >= 0.6 is 0 Å². The van der Waals surface area contributed by atoms with Gasteiger partial charge in [0.05, 0.1) is 6.42 Å². The maximum absolute atomic E-state index is 10.5. The first-order valence-corrected chi connectivity index (χ1v) is 2.59. The van der Waals surface area contributed by atoms with E-state index in [4.69, 9.17) is 5.11 Å². The molecule has 1 heterocycles. The zero-order chi connectivity index (χ0) is 7.56. The van der Waals surface area contributed by atoms with Gasteiger partial charge in [0.15, 0.2) is 6.10 Å². The summed E-state index contributed by atoms with van der Waals surface area (Å²) in [6.45, 7) is 0. The lowest BCUT2D eigenvalue weighted by Gasteiger charge is -1.99. The molecule has 6 heteroatoms. The van der Waals surface area contributed by atoms with E-state index >= 15 is 0 Å². The maximum Gasteiger partial charge on any atom is 0.575 e. The first kappa shape index (κ1) is 7.08. The van der Waals surface area contributed by atoms with E-state index in [1.54, 1.807) is 0 Å². The lowest BCUT2D eigenvalue weighted by Crippen LogP contribution is -2.19. The average Bonchev–Trinajstić information content (AvgIpc) is 2.15. The van der Waals surface area contributed by atoms with E-state index in [0.717, 1.165) is 7.69 Å². The highest BCUT2D eigenvalue weighted by Crippen LogP contribution is 2.06. The summed E-state index contributed by atoms with van der Waals surface area (Å²) >= 11 is 0. The van der Waals surface area contributed by atoms with Crippen LogP contribution in [0.2, 0.25) is 0 Å². The molecule has 1 aliphatic rings. The van der Waals surface area contributed by atoms with Crippen LogP contribution in [0.3, 0.4) is 0 Å². The van der Waals surface area contributed by atoms with Gasteiger partial charge in [-0.05, 0) is 0 Å². The van der Waals surface area contributed by atoms with E-state index in [0.29, 0.717) is 0 Å². The van der Waals surface area contributed by atoms with Crippen molar-refractivity contribution in [2.45, 2.75) is 12.5 Å². The second-order valence-corrected chi connectivity index (χ2v) is 1.76. The van der Waals surface area contributed by atoms with Crippen molar-refractivity contribution >= 4 is 19.6 Å². The highest BCUT2D eigenvalue weighted by Gasteiger charge is 2.31. The first-order chi connectivity index (χ1) is 4.70. The molecule has 1 saturated heterocycles. The number of carboxylic acids is 1. The minimum atomic E-state index is -1.09. The lowest BCUT2D eigenvalue weighted by molar-refractivity contribution is -0.145. The fourth-order valence-electron chi connectivity index (χ4n) is 0.564. The normalized spacial score (nSPS) is 23.6. The minimum absolute atomic E-state index is 0.352. The third-order valence-electron chi connectivity index (χ3n) is 1.01. The smallest absolute Gasteiger partial charge is 0.509 e. The summed E-state index contributed by atoms with van der Waals surface area (Å²) in [5.41, 5.74) is 0. The van der Waals surface area contributed by atoms with Crippen LogP contribution in [0.5, 0.6) is 0 Å². The van der Waals surface area contributed by atoms with Crippen LogP contribution in [-0.2, 0) is 18.9 Å². The van der Waals surface area contributed by atoms with Gasteiger partial charge in [0, 0.05) is 0 Å². The molecule has 0 aromatic carbocycles. The van der Waals surface area contributed by atoms with Gasteiger partial charge < -0.3 is 14.4 Å². The van der Waals surface area contributed by atoms with Crippen molar-refractivity contribution in [1.82, 2.24) is 0 Å². The molecule has 1 unspecified atom stereocenters. The van der Waals surface area contributed by atoms with E-state index in [9.17, 15) is 9.59 Å². The molecule has 1 radical (unpaired) electrons. The van der Waals surface area contributed by atoms with Crippen LogP contribution in [0.15, 0.2) is 0 Å². The van der Waals surface area contributed by atoms with E-state index in [1.807, 2.05) is 0 Å². The average molecular weight is 143 g/mol. The quantitative estimate of drug-likeness (QED) is 0.498. The second kappa shape index (κ2) is 2.70. The van der Waals surface area contributed by atoms with Gasteiger partial charge in [-0.2, -0.15) is 0 Å². The molecule has 0 saturated carbocycles.